The Morgan fingerprint density at radius 2 is 1.86 bits per heavy atom. The van der Waals surface area contributed by atoms with Gasteiger partial charge in [-0.2, -0.15) is 0 Å². The lowest BCUT2D eigenvalue weighted by Crippen LogP contribution is -2.24. The highest BCUT2D eigenvalue weighted by Crippen LogP contribution is 2.19. The average molecular weight is 368 g/mol. The summed E-state index contributed by atoms with van der Waals surface area (Å²) in [5, 5.41) is 2.79. The van der Waals surface area contributed by atoms with E-state index in [1.807, 2.05) is 24.3 Å². The monoisotopic (exact) mass is 367 g/mol. The number of amides is 1. The highest BCUT2D eigenvalue weighted by Gasteiger charge is 2.17. The molecule has 0 heterocycles. The zero-order valence-corrected chi connectivity index (χ0v) is 14.8. The van der Waals surface area contributed by atoms with Crippen LogP contribution < -0.4 is 5.32 Å². The quantitative estimate of drug-likeness (QED) is 0.589. The Balaban J connectivity index is 3.14. The SMILES string of the molecule is CCCCC(NC(C)=O)=C(Cc1ccc(Br)cc1)C(=O)OC. The third kappa shape index (κ3) is 6.02. The number of carbonyl (C=O) groups excluding carboxylic acids is 2. The summed E-state index contributed by atoms with van der Waals surface area (Å²) in [5.41, 5.74) is 2.15. The fraction of sp³-hybridized carbons (Fsp3) is 0.412. The van der Waals surface area contributed by atoms with Gasteiger partial charge in [-0.15, -0.1) is 0 Å². The van der Waals surface area contributed by atoms with Crippen LogP contribution in [-0.2, 0) is 20.7 Å². The van der Waals surface area contributed by atoms with Crippen molar-refractivity contribution in [2.45, 2.75) is 39.5 Å². The molecule has 1 aromatic carbocycles. The molecule has 0 bridgehead atoms. The predicted octanol–water partition coefficient (Wildman–Crippen LogP) is 3.75. The van der Waals surface area contributed by atoms with Crippen molar-refractivity contribution in [2.24, 2.45) is 0 Å². The zero-order valence-electron chi connectivity index (χ0n) is 13.2. The van der Waals surface area contributed by atoms with Crippen LogP contribution in [0, 0.1) is 0 Å². The van der Waals surface area contributed by atoms with Gasteiger partial charge in [0.2, 0.25) is 5.91 Å². The molecule has 0 saturated carbocycles. The van der Waals surface area contributed by atoms with Crippen molar-refractivity contribution in [3.63, 3.8) is 0 Å². The van der Waals surface area contributed by atoms with Crippen molar-refractivity contribution >= 4 is 27.8 Å². The Bertz CT molecular complexity index is 550. The van der Waals surface area contributed by atoms with Crippen molar-refractivity contribution in [3.8, 4) is 0 Å². The van der Waals surface area contributed by atoms with E-state index in [1.54, 1.807) is 0 Å². The highest BCUT2D eigenvalue weighted by atomic mass is 79.9. The molecule has 0 spiro atoms. The second kappa shape index (κ2) is 9.41. The number of nitrogens with one attached hydrogen (secondary N) is 1. The molecule has 1 aromatic rings. The molecule has 0 aromatic heterocycles. The number of rotatable bonds is 7. The molecule has 0 unspecified atom stereocenters. The molecule has 5 heteroatoms. The van der Waals surface area contributed by atoms with E-state index in [-0.39, 0.29) is 5.91 Å². The van der Waals surface area contributed by atoms with Crippen LogP contribution in [0.25, 0.3) is 0 Å². The topological polar surface area (TPSA) is 55.4 Å². The second-order valence-electron chi connectivity index (χ2n) is 5.04. The lowest BCUT2D eigenvalue weighted by atomic mass is 10.0. The van der Waals surface area contributed by atoms with Gasteiger partial charge in [0, 0.05) is 23.5 Å². The van der Waals surface area contributed by atoms with E-state index in [0.29, 0.717) is 24.1 Å². The standard InChI is InChI=1S/C17H22BrNO3/c1-4-5-6-16(19-12(2)20)15(17(21)22-3)11-13-7-9-14(18)10-8-13/h7-10H,4-6,11H2,1-3H3,(H,19,20). The first-order valence-electron chi connectivity index (χ1n) is 7.30. The normalized spacial score (nSPS) is 11.6. The van der Waals surface area contributed by atoms with Crippen LogP contribution in [0.5, 0.6) is 0 Å². The number of unbranched alkanes of at least 4 members (excludes halogenated alkanes) is 1. The van der Waals surface area contributed by atoms with Crippen molar-refractivity contribution in [2.75, 3.05) is 7.11 Å². The minimum absolute atomic E-state index is 0.177. The highest BCUT2D eigenvalue weighted by molar-refractivity contribution is 9.10. The zero-order chi connectivity index (χ0) is 16.5. The van der Waals surface area contributed by atoms with Gasteiger partial charge in [-0.1, -0.05) is 41.4 Å². The first kappa shape index (κ1) is 18.4. The van der Waals surface area contributed by atoms with Crippen molar-refractivity contribution < 1.29 is 14.3 Å². The molecule has 0 aliphatic carbocycles. The largest absolute Gasteiger partial charge is 0.466 e. The van der Waals surface area contributed by atoms with Gasteiger partial charge in [-0.3, -0.25) is 4.79 Å². The molecule has 1 N–H and O–H groups in total. The van der Waals surface area contributed by atoms with Crippen LogP contribution in [0.3, 0.4) is 0 Å². The summed E-state index contributed by atoms with van der Waals surface area (Å²) in [6, 6.07) is 7.74. The molecule has 0 aliphatic rings. The number of methoxy groups -OCH3 is 1. The van der Waals surface area contributed by atoms with Crippen LogP contribution in [-0.4, -0.2) is 19.0 Å². The van der Waals surface area contributed by atoms with Crippen molar-refractivity contribution in [1.29, 1.82) is 0 Å². The van der Waals surface area contributed by atoms with Crippen LogP contribution in [0.2, 0.25) is 0 Å². The molecule has 0 fully saturated rings. The number of carbonyl (C=O) groups is 2. The number of allylic oxidation sites excluding steroid dienone is 1. The first-order chi connectivity index (χ1) is 10.5. The number of benzene rings is 1. The Kier molecular flexibility index (Phi) is 7.88. The van der Waals surface area contributed by atoms with E-state index in [9.17, 15) is 9.59 Å². The number of ether oxygens (including phenoxy) is 1. The lowest BCUT2D eigenvalue weighted by molar-refractivity contribution is -0.136. The third-order valence-electron chi connectivity index (χ3n) is 3.20. The van der Waals surface area contributed by atoms with Crippen LogP contribution in [0.1, 0.15) is 38.7 Å². The third-order valence-corrected chi connectivity index (χ3v) is 3.73. The molecule has 0 atom stereocenters. The molecular weight excluding hydrogens is 346 g/mol. The summed E-state index contributed by atoms with van der Waals surface area (Å²) < 4.78 is 5.87. The molecular formula is C17H22BrNO3. The lowest BCUT2D eigenvalue weighted by Gasteiger charge is -2.14. The fourth-order valence-electron chi connectivity index (χ4n) is 2.09. The van der Waals surface area contributed by atoms with E-state index in [0.717, 1.165) is 22.9 Å². The molecule has 22 heavy (non-hydrogen) atoms. The van der Waals surface area contributed by atoms with Gasteiger partial charge in [0.05, 0.1) is 12.7 Å². The maximum atomic E-state index is 12.1. The molecule has 1 amide bonds. The number of hydrogen-bond donors (Lipinski definition) is 1. The number of esters is 1. The molecule has 0 saturated heterocycles. The van der Waals surface area contributed by atoms with Gasteiger partial charge < -0.3 is 10.1 Å². The van der Waals surface area contributed by atoms with Crippen molar-refractivity contribution in [3.05, 3.63) is 45.6 Å². The number of hydrogen-bond acceptors (Lipinski definition) is 3. The van der Waals surface area contributed by atoms with Crippen LogP contribution in [0.15, 0.2) is 40.0 Å². The van der Waals surface area contributed by atoms with Gasteiger partial charge in [0.25, 0.3) is 0 Å². The molecule has 1 rings (SSSR count). The maximum absolute atomic E-state index is 12.1. The van der Waals surface area contributed by atoms with E-state index in [4.69, 9.17) is 4.74 Å². The van der Waals surface area contributed by atoms with Gasteiger partial charge in [-0.25, -0.2) is 4.79 Å². The Labute approximate surface area is 140 Å². The fourth-order valence-corrected chi connectivity index (χ4v) is 2.35. The Morgan fingerprint density at radius 3 is 2.36 bits per heavy atom. The first-order valence-corrected chi connectivity index (χ1v) is 8.09. The van der Waals surface area contributed by atoms with Crippen molar-refractivity contribution in [1.82, 2.24) is 5.32 Å². The van der Waals surface area contributed by atoms with Gasteiger partial charge in [-0.05, 0) is 30.5 Å². The Hall–Kier alpha value is -1.62. The van der Waals surface area contributed by atoms with Gasteiger partial charge >= 0.3 is 5.97 Å². The second-order valence-corrected chi connectivity index (χ2v) is 5.95. The van der Waals surface area contributed by atoms with Crippen LogP contribution >= 0.6 is 15.9 Å². The summed E-state index contributed by atoms with van der Waals surface area (Å²) in [5.74, 6) is -0.578. The molecule has 4 nitrogen and oxygen atoms in total. The van der Waals surface area contributed by atoms with Crippen LogP contribution in [0.4, 0.5) is 0 Å². The Morgan fingerprint density at radius 1 is 1.23 bits per heavy atom. The summed E-state index contributed by atoms with van der Waals surface area (Å²) >= 11 is 3.39. The minimum atomic E-state index is -0.400. The summed E-state index contributed by atoms with van der Waals surface area (Å²) in [4.78, 5) is 23.6. The van der Waals surface area contributed by atoms with E-state index in [1.165, 1.54) is 14.0 Å². The van der Waals surface area contributed by atoms with E-state index < -0.39 is 5.97 Å². The van der Waals surface area contributed by atoms with E-state index in [2.05, 4.69) is 28.2 Å². The molecule has 120 valence electrons. The van der Waals surface area contributed by atoms with E-state index >= 15 is 0 Å². The number of halogens is 1. The summed E-state index contributed by atoms with van der Waals surface area (Å²) in [7, 11) is 1.36. The molecule has 0 radical (unpaired) electrons. The predicted molar refractivity (Wildman–Crippen MR) is 90.2 cm³/mol. The molecule has 0 aliphatic heterocycles. The van der Waals surface area contributed by atoms with Gasteiger partial charge in [0.15, 0.2) is 0 Å². The maximum Gasteiger partial charge on any atom is 0.335 e. The summed E-state index contributed by atoms with van der Waals surface area (Å²) in [6.45, 7) is 3.51. The van der Waals surface area contributed by atoms with Gasteiger partial charge in [0.1, 0.15) is 0 Å². The minimum Gasteiger partial charge on any atom is -0.466 e. The summed E-state index contributed by atoms with van der Waals surface area (Å²) in [6.07, 6.45) is 2.96. The average Bonchev–Trinajstić information content (AvgIpc) is 2.50. The smallest absolute Gasteiger partial charge is 0.335 e.